The highest BCUT2D eigenvalue weighted by Gasteiger charge is 2.15. The molecule has 0 saturated heterocycles. The molecule has 0 aromatic heterocycles. The number of amides is 1. The molecule has 2 aromatic carbocycles. The maximum absolute atomic E-state index is 13.7. The largest absolute Gasteiger partial charge is 0.322 e. The Morgan fingerprint density at radius 1 is 1.22 bits per heavy atom. The van der Waals surface area contributed by atoms with Crippen LogP contribution in [-0.4, -0.2) is 27.6 Å². The van der Waals surface area contributed by atoms with Crippen LogP contribution in [0.1, 0.15) is 10.4 Å². The maximum atomic E-state index is 13.7. The SMILES string of the molecule is CN(c1cccc(NC(=O)c2ccc(Cl)cc2F)c1)S(C)(=O)=O. The molecular weight excluding hydrogens is 343 g/mol. The van der Waals surface area contributed by atoms with Gasteiger partial charge in [0.15, 0.2) is 0 Å². The molecule has 1 N–H and O–H groups in total. The Morgan fingerprint density at radius 2 is 1.91 bits per heavy atom. The van der Waals surface area contributed by atoms with E-state index in [-0.39, 0.29) is 10.6 Å². The second-order valence-corrected chi connectivity index (χ2v) is 7.31. The lowest BCUT2D eigenvalue weighted by Crippen LogP contribution is -2.25. The molecule has 0 heterocycles. The summed E-state index contributed by atoms with van der Waals surface area (Å²) >= 11 is 5.65. The molecule has 0 bridgehead atoms. The number of benzene rings is 2. The van der Waals surface area contributed by atoms with E-state index < -0.39 is 21.7 Å². The van der Waals surface area contributed by atoms with Gasteiger partial charge in [0.2, 0.25) is 10.0 Å². The molecule has 0 aliphatic carbocycles. The number of nitrogens with one attached hydrogen (secondary N) is 1. The topological polar surface area (TPSA) is 66.5 Å². The van der Waals surface area contributed by atoms with Gasteiger partial charge in [0.1, 0.15) is 5.82 Å². The van der Waals surface area contributed by atoms with Gasteiger partial charge in [-0.2, -0.15) is 0 Å². The number of hydrogen-bond donors (Lipinski definition) is 1. The van der Waals surface area contributed by atoms with Crippen LogP contribution in [0, 0.1) is 5.82 Å². The maximum Gasteiger partial charge on any atom is 0.258 e. The minimum Gasteiger partial charge on any atom is -0.322 e. The van der Waals surface area contributed by atoms with Crippen LogP contribution < -0.4 is 9.62 Å². The molecule has 2 aromatic rings. The molecule has 122 valence electrons. The minimum atomic E-state index is -3.42. The quantitative estimate of drug-likeness (QED) is 0.915. The lowest BCUT2D eigenvalue weighted by molar-refractivity contribution is 0.102. The Hall–Kier alpha value is -2.12. The summed E-state index contributed by atoms with van der Waals surface area (Å²) in [7, 11) is -2.02. The number of carbonyl (C=O) groups is 1. The predicted molar refractivity (Wildman–Crippen MR) is 89.1 cm³/mol. The van der Waals surface area contributed by atoms with Crippen molar-refractivity contribution in [3.63, 3.8) is 0 Å². The first kappa shape index (κ1) is 17.2. The first-order valence-corrected chi connectivity index (χ1v) is 8.71. The lowest BCUT2D eigenvalue weighted by Gasteiger charge is -2.17. The molecule has 0 aliphatic rings. The van der Waals surface area contributed by atoms with Gasteiger partial charge in [0.05, 0.1) is 17.5 Å². The molecule has 0 fully saturated rings. The number of nitrogens with zero attached hydrogens (tertiary/aromatic N) is 1. The third-order valence-electron chi connectivity index (χ3n) is 3.14. The van der Waals surface area contributed by atoms with E-state index in [1.54, 1.807) is 18.2 Å². The van der Waals surface area contributed by atoms with Crippen molar-refractivity contribution in [3.8, 4) is 0 Å². The normalized spacial score (nSPS) is 11.1. The van der Waals surface area contributed by atoms with E-state index in [1.807, 2.05) is 0 Å². The molecule has 0 atom stereocenters. The van der Waals surface area contributed by atoms with Gasteiger partial charge in [0.25, 0.3) is 5.91 Å². The van der Waals surface area contributed by atoms with Gasteiger partial charge in [-0.15, -0.1) is 0 Å². The van der Waals surface area contributed by atoms with E-state index >= 15 is 0 Å². The van der Waals surface area contributed by atoms with Crippen molar-refractivity contribution in [1.29, 1.82) is 0 Å². The number of anilines is 2. The Morgan fingerprint density at radius 3 is 2.52 bits per heavy atom. The summed E-state index contributed by atoms with van der Waals surface area (Å²) in [4.78, 5) is 12.1. The van der Waals surface area contributed by atoms with Crippen LogP contribution >= 0.6 is 11.6 Å². The van der Waals surface area contributed by atoms with Crippen molar-refractivity contribution in [2.24, 2.45) is 0 Å². The van der Waals surface area contributed by atoms with E-state index in [1.165, 1.54) is 25.2 Å². The fourth-order valence-electron chi connectivity index (χ4n) is 1.84. The van der Waals surface area contributed by atoms with E-state index in [4.69, 9.17) is 11.6 Å². The first-order valence-electron chi connectivity index (χ1n) is 6.49. The van der Waals surface area contributed by atoms with Crippen LogP contribution in [0.25, 0.3) is 0 Å². The monoisotopic (exact) mass is 356 g/mol. The van der Waals surface area contributed by atoms with Gasteiger partial charge >= 0.3 is 0 Å². The molecular formula is C15H14ClFN2O3S. The number of carbonyl (C=O) groups excluding carboxylic acids is 1. The third kappa shape index (κ3) is 4.20. The first-order chi connectivity index (χ1) is 10.7. The van der Waals surface area contributed by atoms with Gasteiger partial charge in [-0.05, 0) is 36.4 Å². The van der Waals surface area contributed by atoms with Crippen molar-refractivity contribution in [2.45, 2.75) is 0 Å². The summed E-state index contributed by atoms with van der Waals surface area (Å²) < 4.78 is 37.9. The Balaban J connectivity index is 2.25. The number of hydrogen-bond acceptors (Lipinski definition) is 3. The van der Waals surface area contributed by atoms with Gasteiger partial charge in [-0.1, -0.05) is 17.7 Å². The average molecular weight is 357 g/mol. The molecule has 0 radical (unpaired) electrons. The van der Waals surface area contributed by atoms with Gasteiger partial charge in [0, 0.05) is 17.8 Å². The van der Waals surface area contributed by atoms with Crippen molar-refractivity contribution < 1.29 is 17.6 Å². The zero-order valence-corrected chi connectivity index (χ0v) is 14.0. The highest BCUT2D eigenvalue weighted by Crippen LogP contribution is 2.22. The van der Waals surface area contributed by atoms with Crippen LogP contribution in [0.5, 0.6) is 0 Å². The zero-order valence-electron chi connectivity index (χ0n) is 12.4. The molecule has 23 heavy (non-hydrogen) atoms. The van der Waals surface area contributed by atoms with Crippen LogP contribution in [0.4, 0.5) is 15.8 Å². The molecule has 8 heteroatoms. The average Bonchev–Trinajstić information content (AvgIpc) is 2.45. The van der Waals surface area contributed by atoms with Gasteiger partial charge in [-0.3, -0.25) is 9.10 Å². The van der Waals surface area contributed by atoms with Crippen LogP contribution in [0.2, 0.25) is 5.02 Å². The fourth-order valence-corrected chi connectivity index (χ4v) is 2.50. The molecule has 5 nitrogen and oxygen atoms in total. The Labute approximate surface area is 138 Å². The molecule has 0 spiro atoms. The second-order valence-electron chi connectivity index (χ2n) is 4.86. The summed E-state index contributed by atoms with van der Waals surface area (Å²) in [5.74, 6) is -1.39. The Kier molecular flexibility index (Phi) is 4.91. The standard InChI is InChI=1S/C15H14ClFN2O3S/c1-19(23(2,21)22)12-5-3-4-11(9-12)18-15(20)13-7-6-10(16)8-14(13)17/h3-9H,1-2H3,(H,18,20). The molecule has 0 saturated carbocycles. The van der Waals surface area contributed by atoms with Gasteiger partial charge < -0.3 is 5.32 Å². The lowest BCUT2D eigenvalue weighted by atomic mass is 10.2. The molecule has 0 unspecified atom stereocenters. The van der Waals surface area contributed by atoms with Crippen LogP contribution in [0.3, 0.4) is 0 Å². The summed E-state index contributed by atoms with van der Waals surface area (Å²) in [6.07, 6.45) is 1.07. The third-order valence-corrected chi connectivity index (χ3v) is 4.58. The molecule has 1 amide bonds. The van der Waals surface area contributed by atoms with E-state index in [0.29, 0.717) is 11.4 Å². The summed E-state index contributed by atoms with van der Waals surface area (Å²) in [6.45, 7) is 0. The summed E-state index contributed by atoms with van der Waals surface area (Å²) in [6, 6.07) is 9.96. The molecule has 0 aliphatic heterocycles. The predicted octanol–water partition coefficient (Wildman–Crippen LogP) is 3.13. The fraction of sp³-hybridized carbons (Fsp3) is 0.133. The van der Waals surface area contributed by atoms with E-state index in [9.17, 15) is 17.6 Å². The van der Waals surface area contributed by atoms with Crippen molar-refractivity contribution in [2.75, 3.05) is 22.9 Å². The number of sulfonamides is 1. The van der Waals surface area contributed by atoms with Crippen molar-refractivity contribution >= 4 is 38.9 Å². The van der Waals surface area contributed by atoms with Crippen LogP contribution in [0.15, 0.2) is 42.5 Å². The van der Waals surface area contributed by atoms with Gasteiger partial charge in [-0.25, -0.2) is 12.8 Å². The minimum absolute atomic E-state index is 0.156. The smallest absolute Gasteiger partial charge is 0.258 e. The summed E-state index contributed by atoms with van der Waals surface area (Å²) in [5.41, 5.74) is 0.565. The van der Waals surface area contributed by atoms with Crippen LogP contribution in [-0.2, 0) is 10.0 Å². The van der Waals surface area contributed by atoms with Crippen molar-refractivity contribution in [3.05, 3.63) is 58.9 Å². The number of halogens is 2. The summed E-state index contributed by atoms with van der Waals surface area (Å²) in [5, 5.41) is 2.71. The number of rotatable bonds is 4. The molecule has 2 rings (SSSR count). The van der Waals surface area contributed by atoms with E-state index in [2.05, 4.69) is 5.32 Å². The van der Waals surface area contributed by atoms with Crippen molar-refractivity contribution in [1.82, 2.24) is 0 Å². The Bertz CT molecular complexity index is 856. The zero-order chi connectivity index (χ0) is 17.2. The highest BCUT2D eigenvalue weighted by atomic mass is 35.5. The highest BCUT2D eigenvalue weighted by molar-refractivity contribution is 7.92. The second kappa shape index (κ2) is 6.55. The van der Waals surface area contributed by atoms with E-state index in [0.717, 1.165) is 16.6 Å².